The zero-order chi connectivity index (χ0) is 58.9. The van der Waals surface area contributed by atoms with Gasteiger partial charge in [0, 0.05) is 68.2 Å². The van der Waals surface area contributed by atoms with Crippen LogP contribution in [0.3, 0.4) is 0 Å². The third kappa shape index (κ3) is 11.7. The molecule has 14 rings (SSSR count). The molecule has 0 amide bonds. The second-order valence-electron chi connectivity index (χ2n) is 21.8. The molecule has 4 nitrogen and oxygen atoms in total. The average molecular weight is 1130 g/mol. The molecule has 0 aliphatic rings. The van der Waals surface area contributed by atoms with Crippen LogP contribution in [0.5, 0.6) is 0 Å². The Balaban J connectivity index is 0.691. The van der Waals surface area contributed by atoms with E-state index >= 15 is 0 Å². The van der Waals surface area contributed by atoms with Crippen LogP contribution >= 0.6 is 0 Å². The fourth-order valence-electron chi connectivity index (χ4n) is 11.8. The minimum absolute atomic E-state index is 1.08. The standard InChI is InChI=1S/C84H62N4/c1-7-21-63(22-8-1)71-25-19-35-83(61-71)87(75-31-15-5-16-32-75)81-57-45-69(46-58-81)67-41-53-79(54-42-67)85(73-27-11-3-12-28-73)77-49-37-65(38-50-77)66-39-51-78(52-40-66)86(74-29-13-4-14-30-74)80-55-43-68(44-56-80)70-47-59-82(60-48-70)88(76-33-17-6-18-34-76)84-36-20-26-72(62-84)64-23-9-2-10-24-64/h1-62H. The minimum Gasteiger partial charge on any atom is -0.311 e. The summed E-state index contributed by atoms with van der Waals surface area (Å²) in [6.07, 6.45) is 0. The second kappa shape index (κ2) is 25.2. The summed E-state index contributed by atoms with van der Waals surface area (Å²) in [7, 11) is 0. The molecule has 0 aliphatic heterocycles. The molecule has 0 aromatic heterocycles. The second-order valence-corrected chi connectivity index (χ2v) is 21.8. The van der Waals surface area contributed by atoms with Gasteiger partial charge in [0.05, 0.1) is 0 Å². The van der Waals surface area contributed by atoms with Crippen LogP contribution in [0.15, 0.2) is 376 Å². The van der Waals surface area contributed by atoms with Crippen molar-refractivity contribution < 1.29 is 0 Å². The summed E-state index contributed by atoms with van der Waals surface area (Å²) in [5.74, 6) is 0. The molecule has 4 heteroatoms. The topological polar surface area (TPSA) is 13.0 Å². The Morgan fingerprint density at radius 3 is 0.466 bits per heavy atom. The first kappa shape index (κ1) is 54.2. The third-order valence-electron chi connectivity index (χ3n) is 16.2. The van der Waals surface area contributed by atoms with E-state index in [9.17, 15) is 0 Å². The van der Waals surface area contributed by atoms with Gasteiger partial charge in [0.25, 0.3) is 0 Å². The fourth-order valence-corrected chi connectivity index (χ4v) is 11.8. The van der Waals surface area contributed by atoms with Gasteiger partial charge in [-0.2, -0.15) is 0 Å². The molecule has 14 aromatic rings. The van der Waals surface area contributed by atoms with Gasteiger partial charge >= 0.3 is 0 Å². The maximum absolute atomic E-state index is 2.33. The molecule has 0 saturated heterocycles. The van der Waals surface area contributed by atoms with Crippen LogP contribution in [0, 0.1) is 0 Å². The van der Waals surface area contributed by atoms with E-state index in [1.54, 1.807) is 0 Å². The lowest BCUT2D eigenvalue weighted by Crippen LogP contribution is -2.10. The summed E-state index contributed by atoms with van der Waals surface area (Å²) in [5.41, 5.74) is 24.8. The molecule has 0 radical (unpaired) electrons. The molecular formula is C84H62N4. The first-order chi connectivity index (χ1) is 43.6. The van der Waals surface area contributed by atoms with Crippen molar-refractivity contribution in [1.29, 1.82) is 0 Å². The molecule has 0 bridgehead atoms. The number of rotatable bonds is 17. The molecule has 0 spiro atoms. The van der Waals surface area contributed by atoms with Gasteiger partial charge in [0.1, 0.15) is 0 Å². The van der Waals surface area contributed by atoms with E-state index in [2.05, 4.69) is 396 Å². The summed E-state index contributed by atoms with van der Waals surface area (Å²) in [6, 6.07) is 135. The average Bonchev–Trinajstić information content (AvgIpc) is 1.83. The summed E-state index contributed by atoms with van der Waals surface area (Å²) < 4.78 is 0. The molecule has 0 atom stereocenters. The largest absolute Gasteiger partial charge is 0.311 e. The predicted molar refractivity (Wildman–Crippen MR) is 372 cm³/mol. The summed E-state index contributed by atoms with van der Waals surface area (Å²) in [6.45, 7) is 0. The highest BCUT2D eigenvalue weighted by atomic mass is 15.2. The van der Waals surface area contributed by atoms with Crippen LogP contribution in [0.4, 0.5) is 68.2 Å². The normalized spacial score (nSPS) is 11.0. The smallest absolute Gasteiger partial charge is 0.0467 e. The van der Waals surface area contributed by atoms with Crippen molar-refractivity contribution in [1.82, 2.24) is 0 Å². The van der Waals surface area contributed by atoms with Crippen LogP contribution in [0.25, 0.3) is 55.6 Å². The number of benzene rings is 14. The minimum atomic E-state index is 1.08. The first-order valence-corrected chi connectivity index (χ1v) is 30.0. The highest BCUT2D eigenvalue weighted by Gasteiger charge is 2.19. The lowest BCUT2D eigenvalue weighted by Gasteiger charge is -2.27. The number of anilines is 12. The number of nitrogens with zero attached hydrogens (tertiary/aromatic N) is 4. The van der Waals surface area contributed by atoms with Gasteiger partial charge in [-0.25, -0.2) is 0 Å². The molecule has 0 fully saturated rings. The SMILES string of the molecule is c1ccc(-c2cccc(N(c3ccccc3)c3ccc(-c4ccc(N(c5ccccc5)c5ccc(-c6ccc(N(c7ccccc7)c7ccc(-c8ccc(N(c9ccccc9)c9cccc(-c%10ccccc%10)c9)cc8)cc7)cc6)cc5)cc4)cc3)c2)cc1. The molecule has 88 heavy (non-hydrogen) atoms. The number of hydrogen-bond donors (Lipinski definition) is 0. The molecular weight excluding hydrogens is 1060 g/mol. The van der Waals surface area contributed by atoms with Gasteiger partial charge in [-0.3, -0.25) is 0 Å². The molecule has 14 aromatic carbocycles. The van der Waals surface area contributed by atoms with Crippen LogP contribution in [-0.4, -0.2) is 0 Å². The van der Waals surface area contributed by atoms with Crippen LogP contribution < -0.4 is 19.6 Å². The van der Waals surface area contributed by atoms with E-state index in [4.69, 9.17) is 0 Å². The number of para-hydroxylation sites is 4. The molecule has 0 saturated carbocycles. The van der Waals surface area contributed by atoms with Gasteiger partial charge in [-0.05, 0) is 201 Å². The van der Waals surface area contributed by atoms with Crippen molar-refractivity contribution in [3.05, 3.63) is 376 Å². The van der Waals surface area contributed by atoms with E-state index in [0.717, 1.165) is 102 Å². The Morgan fingerprint density at radius 2 is 0.250 bits per heavy atom. The maximum atomic E-state index is 2.33. The highest BCUT2D eigenvalue weighted by Crippen LogP contribution is 2.43. The van der Waals surface area contributed by atoms with Crippen molar-refractivity contribution >= 4 is 68.2 Å². The van der Waals surface area contributed by atoms with Gasteiger partial charge in [-0.15, -0.1) is 0 Å². The van der Waals surface area contributed by atoms with Crippen molar-refractivity contribution in [2.75, 3.05) is 19.6 Å². The van der Waals surface area contributed by atoms with Crippen LogP contribution in [0.1, 0.15) is 0 Å². The molecule has 0 heterocycles. The van der Waals surface area contributed by atoms with Crippen molar-refractivity contribution in [2.45, 2.75) is 0 Å². The summed E-state index contributed by atoms with van der Waals surface area (Å²) in [4.78, 5) is 9.30. The van der Waals surface area contributed by atoms with Gasteiger partial charge in [0.2, 0.25) is 0 Å². The highest BCUT2D eigenvalue weighted by molar-refractivity contribution is 5.86. The lowest BCUT2D eigenvalue weighted by atomic mass is 10.0. The Labute approximate surface area is 516 Å². The van der Waals surface area contributed by atoms with Crippen molar-refractivity contribution in [3.8, 4) is 55.6 Å². The van der Waals surface area contributed by atoms with E-state index in [-0.39, 0.29) is 0 Å². The predicted octanol–water partition coefficient (Wildman–Crippen LogP) is 23.9. The fraction of sp³-hybridized carbons (Fsp3) is 0. The zero-order valence-corrected chi connectivity index (χ0v) is 48.6. The molecule has 418 valence electrons. The van der Waals surface area contributed by atoms with E-state index in [1.807, 2.05) is 0 Å². The third-order valence-corrected chi connectivity index (χ3v) is 16.2. The quantitative estimate of drug-likeness (QED) is 0.0901. The monoisotopic (exact) mass is 1130 g/mol. The molecule has 0 N–H and O–H groups in total. The van der Waals surface area contributed by atoms with Crippen molar-refractivity contribution in [3.63, 3.8) is 0 Å². The Morgan fingerprint density at radius 1 is 0.102 bits per heavy atom. The van der Waals surface area contributed by atoms with Gasteiger partial charge < -0.3 is 19.6 Å². The van der Waals surface area contributed by atoms with Crippen LogP contribution in [-0.2, 0) is 0 Å². The number of hydrogen-bond acceptors (Lipinski definition) is 4. The molecule has 0 aliphatic carbocycles. The van der Waals surface area contributed by atoms with Crippen LogP contribution in [0.2, 0.25) is 0 Å². The Kier molecular flexibility index (Phi) is 15.6. The van der Waals surface area contributed by atoms with E-state index in [0.29, 0.717) is 0 Å². The zero-order valence-electron chi connectivity index (χ0n) is 48.6. The van der Waals surface area contributed by atoms with E-state index in [1.165, 1.54) is 22.3 Å². The maximum Gasteiger partial charge on any atom is 0.0467 e. The van der Waals surface area contributed by atoms with Gasteiger partial charge in [0.15, 0.2) is 0 Å². The van der Waals surface area contributed by atoms with E-state index < -0.39 is 0 Å². The first-order valence-electron chi connectivity index (χ1n) is 30.0. The Hall–Kier alpha value is -11.7. The lowest BCUT2D eigenvalue weighted by molar-refractivity contribution is 1.28. The Bertz CT molecular complexity index is 4230. The molecule has 0 unspecified atom stereocenters. The van der Waals surface area contributed by atoms with Crippen molar-refractivity contribution in [2.24, 2.45) is 0 Å². The van der Waals surface area contributed by atoms with Gasteiger partial charge in [-0.1, -0.05) is 231 Å². The summed E-state index contributed by atoms with van der Waals surface area (Å²) in [5, 5.41) is 0. The summed E-state index contributed by atoms with van der Waals surface area (Å²) >= 11 is 0.